The van der Waals surface area contributed by atoms with Crippen LogP contribution < -0.4 is 9.47 Å². The van der Waals surface area contributed by atoms with E-state index in [1.807, 2.05) is 24.3 Å². The van der Waals surface area contributed by atoms with E-state index in [0.717, 1.165) is 0 Å². The molecule has 0 spiro atoms. The zero-order valence-corrected chi connectivity index (χ0v) is 9.18. The molecule has 0 amide bonds. The molecule has 0 saturated carbocycles. The van der Waals surface area contributed by atoms with Crippen molar-refractivity contribution in [2.24, 2.45) is 0 Å². The maximum absolute atomic E-state index is 9.04. The second-order valence-electron chi connectivity index (χ2n) is 3.69. The van der Waals surface area contributed by atoms with E-state index in [2.05, 4.69) is 0 Å². The van der Waals surface area contributed by atoms with Crippen molar-refractivity contribution in [1.29, 1.82) is 10.5 Å². The third-order valence-electron chi connectivity index (χ3n) is 2.63. The average molecular weight is 234 g/mol. The second kappa shape index (κ2) is 3.80. The van der Waals surface area contributed by atoms with Gasteiger partial charge in [0.15, 0.2) is 23.0 Å². The first kappa shape index (κ1) is 10.2. The van der Waals surface area contributed by atoms with Crippen molar-refractivity contribution in [3.8, 4) is 35.1 Å². The molecule has 0 radical (unpaired) electrons. The van der Waals surface area contributed by atoms with Crippen molar-refractivity contribution >= 4 is 0 Å². The van der Waals surface area contributed by atoms with Crippen molar-refractivity contribution in [3.05, 3.63) is 47.5 Å². The maximum Gasteiger partial charge on any atom is 0.189 e. The highest BCUT2D eigenvalue weighted by molar-refractivity contribution is 5.65. The minimum atomic E-state index is 0.301. The summed E-state index contributed by atoms with van der Waals surface area (Å²) in [6.07, 6.45) is 0. The molecule has 1 aliphatic rings. The third kappa shape index (κ3) is 1.37. The molecule has 0 N–H and O–H groups in total. The van der Waals surface area contributed by atoms with Crippen molar-refractivity contribution in [1.82, 2.24) is 0 Å². The van der Waals surface area contributed by atoms with Gasteiger partial charge in [-0.25, -0.2) is 0 Å². The van der Waals surface area contributed by atoms with Gasteiger partial charge in [-0.3, -0.25) is 0 Å². The molecule has 4 nitrogen and oxygen atoms in total. The molecule has 4 heteroatoms. The Balaban J connectivity index is 2.24. The third-order valence-corrected chi connectivity index (χ3v) is 2.63. The Bertz CT molecular complexity index is 662. The number of rotatable bonds is 0. The van der Waals surface area contributed by atoms with Gasteiger partial charge in [-0.05, 0) is 24.3 Å². The molecule has 0 unspecified atom stereocenters. The molecule has 1 aliphatic heterocycles. The molecule has 0 aromatic heterocycles. The molecule has 2 aromatic carbocycles. The lowest BCUT2D eigenvalue weighted by Crippen LogP contribution is -2.02. The number of benzene rings is 2. The Hall–Kier alpha value is -2.98. The molecule has 3 rings (SSSR count). The number of hydrogen-bond donors (Lipinski definition) is 0. The van der Waals surface area contributed by atoms with E-state index in [0.29, 0.717) is 34.1 Å². The average Bonchev–Trinajstić information content (AvgIpc) is 2.44. The number of hydrogen-bond acceptors (Lipinski definition) is 4. The van der Waals surface area contributed by atoms with Crippen LogP contribution in [-0.2, 0) is 0 Å². The molecule has 0 bridgehead atoms. The summed E-state index contributed by atoms with van der Waals surface area (Å²) in [5.41, 5.74) is 0.692. The molecule has 1 heterocycles. The van der Waals surface area contributed by atoms with Gasteiger partial charge in [0, 0.05) is 0 Å². The first-order valence-corrected chi connectivity index (χ1v) is 5.25. The van der Waals surface area contributed by atoms with E-state index in [4.69, 9.17) is 20.0 Å². The van der Waals surface area contributed by atoms with Crippen molar-refractivity contribution in [2.45, 2.75) is 0 Å². The number of fused-ring (bicyclic) bond motifs is 2. The SMILES string of the molecule is N#Cc1ccc(C#N)c2c1Oc1ccccc1O2. The Morgan fingerprint density at radius 3 is 1.56 bits per heavy atom. The molecule has 18 heavy (non-hydrogen) atoms. The van der Waals surface area contributed by atoms with Crippen LogP contribution >= 0.6 is 0 Å². The minimum Gasteiger partial charge on any atom is -0.448 e. The van der Waals surface area contributed by atoms with E-state index < -0.39 is 0 Å². The van der Waals surface area contributed by atoms with Crippen molar-refractivity contribution in [2.75, 3.05) is 0 Å². The Kier molecular flexibility index (Phi) is 2.15. The van der Waals surface area contributed by atoms with E-state index in [-0.39, 0.29) is 0 Å². The number of nitriles is 2. The van der Waals surface area contributed by atoms with Crippen LogP contribution in [0.15, 0.2) is 36.4 Å². The van der Waals surface area contributed by atoms with Gasteiger partial charge >= 0.3 is 0 Å². The largest absolute Gasteiger partial charge is 0.448 e. The van der Waals surface area contributed by atoms with Crippen molar-refractivity contribution < 1.29 is 9.47 Å². The predicted molar refractivity (Wildman–Crippen MR) is 62.5 cm³/mol. The molecule has 0 fully saturated rings. The van der Waals surface area contributed by atoms with Crippen LogP contribution in [0, 0.1) is 22.7 Å². The standard InChI is InChI=1S/C14H6N2O2/c15-7-9-5-6-10(8-16)14-13(9)17-11-3-1-2-4-12(11)18-14/h1-6H. The van der Waals surface area contributed by atoms with Crippen LogP contribution in [0.2, 0.25) is 0 Å². The van der Waals surface area contributed by atoms with Gasteiger partial charge in [-0.15, -0.1) is 0 Å². The summed E-state index contributed by atoms with van der Waals surface area (Å²) in [6, 6.07) is 14.3. The normalized spacial score (nSPS) is 11.0. The van der Waals surface area contributed by atoms with E-state index in [1.54, 1.807) is 24.3 Å². The molecule has 0 saturated heterocycles. The summed E-state index contributed by atoms with van der Waals surface area (Å²) in [7, 11) is 0. The fraction of sp³-hybridized carbons (Fsp3) is 0. The molecular formula is C14H6N2O2. The monoisotopic (exact) mass is 234 g/mol. The zero-order chi connectivity index (χ0) is 12.5. The zero-order valence-electron chi connectivity index (χ0n) is 9.18. The van der Waals surface area contributed by atoms with E-state index in [1.165, 1.54) is 0 Å². The molecule has 2 aromatic rings. The highest BCUT2D eigenvalue weighted by Crippen LogP contribution is 2.48. The topological polar surface area (TPSA) is 66.0 Å². The summed E-state index contributed by atoms with van der Waals surface area (Å²) >= 11 is 0. The number of ether oxygens (including phenoxy) is 2. The summed E-state index contributed by atoms with van der Waals surface area (Å²) in [5.74, 6) is 1.68. The second-order valence-corrected chi connectivity index (χ2v) is 3.69. The lowest BCUT2D eigenvalue weighted by atomic mass is 10.1. The van der Waals surface area contributed by atoms with Crippen LogP contribution in [0.4, 0.5) is 0 Å². The van der Waals surface area contributed by atoms with E-state index >= 15 is 0 Å². The lowest BCUT2D eigenvalue weighted by molar-refractivity contribution is 0.358. The Labute approximate surface area is 103 Å². The van der Waals surface area contributed by atoms with Gasteiger partial charge in [-0.2, -0.15) is 10.5 Å². The predicted octanol–water partition coefficient (Wildman–Crippen LogP) is 3.33. The van der Waals surface area contributed by atoms with Gasteiger partial charge in [-0.1, -0.05) is 12.1 Å². The molecule has 0 aliphatic carbocycles. The Morgan fingerprint density at radius 2 is 1.17 bits per heavy atom. The summed E-state index contributed by atoms with van der Waals surface area (Å²) in [6.45, 7) is 0. The summed E-state index contributed by atoms with van der Waals surface area (Å²) < 4.78 is 11.3. The maximum atomic E-state index is 9.04. The number of nitrogens with zero attached hydrogens (tertiary/aromatic N) is 2. The van der Waals surface area contributed by atoms with Gasteiger partial charge in [0.25, 0.3) is 0 Å². The minimum absolute atomic E-state index is 0.301. The number of para-hydroxylation sites is 2. The van der Waals surface area contributed by atoms with Gasteiger partial charge in [0.05, 0.1) is 11.1 Å². The molecule has 84 valence electrons. The first-order valence-electron chi connectivity index (χ1n) is 5.25. The molecular weight excluding hydrogens is 228 g/mol. The van der Waals surface area contributed by atoms with Crippen molar-refractivity contribution in [3.63, 3.8) is 0 Å². The summed E-state index contributed by atoms with van der Waals surface area (Å²) in [5, 5.41) is 18.1. The first-order chi connectivity index (χ1) is 8.83. The highest BCUT2D eigenvalue weighted by Gasteiger charge is 2.24. The van der Waals surface area contributed by atoms with Gasteiger partial charge in [0.1, 0.15) is 12.1 Å². The van der Waals surface area contributed by atoms with Crippen LogP contribution in [0.3, 0.4) is 0 Å². The van der Waals surface area contributed by atoms with Gasteiger partial charge in [0.2, 0.25) is 0 Å². The smallest absolute Gasteiger partial charge is 0.189 e. The quantitative estimate of drug-likeness (QED) is 0.598. The highest BCUT2D eigenvalue weighted by atomic mass is 16.6. The van der Waals surface area contributed by atoms with Crippen LogP contribution in [0.5, 0.6) is 23.0 Å². The lowest BCUT2D eigenvalue weighted by Gasteiger charge is -2.21. The summed E-state index contributed by atoms with van der Waals surface area (Å²) in [4.78, 5) is 0. The van der Waals surface area contributed by atoms with Crippen LogP contribution in [0.1, 0.15) is 11.1 Å². The van der Waals surface area contributed by atoms with Crippen LogP contribution in [-0.4, -0.2) is 0 Å². The van der Waals surface area contributed by atoms with Gasteiger partial charge < -0.3 is 9.47 Å². The van der Waals surface area contributed by atoms with Crippen LogP contribution in [0.25, 0.3) is 0 Å². The fourth-order valence-corrected chi connectivity index (χ4v) is 1.78. The Morgan fingerprint density at radius 1 is 0.722 bits per heavy atom. The molecule has 0 atom stereocenters. The fourth-order valence-electron chi connectivity index (χ4n) is 1.78. The van der Waals surface area contributed by atoms with E-state index in [9.17, 15) is 0 Å².